The molecule has 2 N–H and O–H groups in total. The van der Waals surface area contributed by atoms with E-state index in [0.717, 1.165) is 0 Å². The molecule has 14 heavy (non-hydrogen) atoms. The van der Waals surface area contributed by atoms with E-state index in [4.69, 9.17) is 10.5 Å². The highest BCUT2D eigenvalue weighted by Crippen LogP contribution is 2.26. The van der Waals surface area contributed by atoms with Crippen LogP contribution in [0, 0.1) is 0 Å². The Kier molecular flexibility index (Phi) is 3.06. The molecule has 0 spiro atoms. The van der Waals surface area contributed by atoms with Crippen LogP contribution >= 0.6 is 0 Å². The predicted octanol–water partition coefficient (Wildman–Crippen LogP) is 2.13. The molecule has 0 heterocycles. The average Bonchev–Trinajstić information content (AvgIpc) is 2.17. The zero-order valence-corrected chi connectivity index (χ0v) is 8.13. The van der Waals surface area contributed by atoms with Gasteiger partial charge < -0.3 is 10.5 Å². The third-order valence-corrected chi connectivity index (χ3v) is 2.17. The zero-order chi connectivity index (χ0) is 10.8. The molecule has 0 fully saturated rings. The van der Waals surface area contributed by atoms with E-state index in [1.54, 1.807) is 24.3 Å². The number of nitrogens with two attached hydrogens (primary N) is 1. The molecule has 0 amide bonds. The van der Waals surface area contributed by atoms with Gasteiger partial charge in [-0.3, -0.25) is 0 Å². The maximum absolute atomic E-state index is 12.5. The molecule has 0 radical (unpaired) electrons. The summed E-state index contributed by atoms with van der Waals surface area (Å²) in [4.78, 5) is 0. The molecular formula is C10H13F2NO. The largest absolute Gasteiger partial charge is 0.497 e. The summed E-state index contributed by atoms with van der Waals surface area (Å²) < 4.78 is 30.0. The van der Waals surface area contributed by atoms with Crippen LogP contribution in [-0.4, -0.2) is 13.5 Å². The van der Waals surface area contributed by atoms with Crippen molar-refractivity contribution < 1.29 is 13.5 Å². The summed E-state index contributed by atoms with van der Waals surface area (Å²) in [5.41, 5.74) is 4.27. The van der Waals surface area contributed by atoms with Crippen LogP contribution in [0.3, 0.4) is 0 Å². The summed E-state index contributed by atoms with van der Waals surface area (Å²) in [6.07, 6.45) is -2.59. The number of halogens is 2. The molecule has 1 aromatic rings. The molecule has 78 valence electrons. The molecule has 0 aliphatic heterocycles. The first-order valence-corrected chi connectivity index (χ1v) is 4.20. The number of hydrogen-bond acceptors (Lipinski definition) is 2. The summed E-state index contributed by atoms with van der Waals surface area (Å²) in [6, 6.07) is 6.32. The Morgan fingerprint density at radius 2 is 1.79 bits per heavy atom. The predicted molar refractivity (Wildman–Crippen MR) is 50.5 cm³/mol. The number of alkyl halides is 2. The van der Waals surface area contributed by atoms with E-state index in [-0.39, 0.29) is 0 Å². The van der Waals surface area contributed by atoms with Gasteiger partial charge in [0.25, 0.3) is 6.43 Å². The van der Waals surface area contributed by atoms with Gasteiger partial charge in [-0.1, -0.05) is 12.1 Å². The van der Waals surface area contributed by atoms with Gasteiger partial charge in [0, 0.05) is 0 Å². The van der Waals surface area contributed by atoms with Gasteiger partial charge in [0.05, 0.1) is 12.6 Å². The number of ether oxygens (including phenoxy) is 1. The van der Waals surface area contributed by atoms with Crippen LogP contribution in [-0.2, 0) is 5.54 Å². The maximum atomic E-state index is 12.5. The first-order chi connectivity index (χ1) is 6.48. The summed E-state index contributed by atoms with van der Waals surface area (Å²) in [5, 5.41) is 0. The summed E-state index contributed by atoms with van der Waals surface area (Å²) in [6.45, 7) is 1.31. The number of benzene rings is 1. The number of rotatable bonds is 3. The van der Waals surface area contributed by atoms with Gasteiger partial charge in [-0.15, -0.1) is 0 Å². The lowest BCUT2D eigenvalue weighted by atomic mass is 9.94. The van der Waals surface area contributed by atoms with Crippen LogP contribution in [0.4, 0.5) is 8.78 Å². The van der Waals surface area contributed by atoms with Crippen molar-refractivity contribution in [3.05, 3.63) is 29.8 Å². The van der Waals surface area contributed by atoms with Crippen LogP contribution in [0.2, 0.25) is 0 Å². The molecule has 0 bridgehead atoms. The summed E-state index contributed by atoms with van der Waals surface area (Å²) >= 11 is 0. The fourth-order valence-corrected chi connectivity index (χ4v) is 1.08. The van der Waals surface area contributed by atoms with Crippen molar-refractivity contribution in [1.29, 1.82) is 0 Å². The van der Waals surface area contributed by atoms with E-state index in [2.05, 4.69) is 0 Å². The molecule has 1 atom stereocenters. The highest BCUT2D eigenvalue weighted by molar-refractivity contribution is 5.31. The lowest BCUT2D eigenvalue weighted by Gasteiger charge is -2.24. The van der Waals surface area contributed by atoms with Crippen LogP contribution in [0.15, 0.2) is 24.3 Å². The molecule has 0 saturated heterocycles. The Labute approximate surface area is 81.7 Å². The van der Waals surface area contributed by atoms with Gasteiger partial charge in [-0.25, -0.2) is 8.78 Å². The third kappa shape index (κ3) is 2.01. The van der Waals surface area contributed by atoms with Crippen molar-refractivity contribution in [3.8, 4) is 5.75 Å². The highest BCUT2D eigenvalue weighted by atomic mass is 19.3. The molecule has 0 aliphatic carbocycles. The number of methoxy groups -OCH3 is 1. The van der Waals surface area contributed by atoms with Gasteiger partial charge in [0.1, 0.15) is 5.75 Å². The third-order valence-electron chi connectivity index (χ3n) is 2.17. The zero-order valence-electron chi connectivity index (χ0n) is 8.13. The first kappa shape index (κ1) is 10.9. The molecule has 1 aromatic carbocycles. The van der Waals surface area contributed by atoms with E-state index in [0.29, 0.717) is 11.3 Å². The van der Waals surface area contributed by atoms with Crippen LogP contribution in [0.1, 0.15) is 12.5 Å². The topological polar surface area (TPSA) is 35.2 Å². The highest BCUT2D eigenvalue weighted by Gasteiger charge is 2.32. The Morgan fingerprint density at radius 1 is 1.29 bits per heavy atom. The fraction of sp³-hybridized carbons (Fsp3) is 0.400. The number of hydrogen-bond donors (Lipinski definition) is 1. The summed E-state index contributed by atoms with van der Waals surface area (Å²) in [5.74, 6) is 0.624. The minimum atomic E-state index is -2.59. The van der Waals surface area contributed by atoms with Gasteiger partial charge in [0.15, 0.2) is 0 Å². The van der Waals surface area contributed by atoms with E-state index >= 15 is 0 Å². The first-order valence-electron chi connectivity index (χ1n) is 4.20. The molecule has 0 aromatic heterocycles. The second-order valence-corrected chi connectivity index (χ2v) is 3.31. The Balaban J connectivity index is 2.97. The van der Waals surface area contributed by atoms with Crippen LogP contribution < -0.4 is 10.5 Å². The lowest BCUT2D eigenvalue weighted by Crippen LogP contribution is -2.40. The second-order valence-electron chi connectivity index (χ2n) is 3.31. The Hall–Kier alpha value is -1.16. The van der Waals surface area contributed by atoms with E-state index in [1.807, 2.05) is 0 Å². The summed E-state index contributed by atoms with van der Waals surface area (Å²) in [7, 11) is 1.52. The average molecular weight is 201 g/mol. The molecular weight excluding hydrogens is 188 g/mol. The van der Waals surface area contributed by atoms with Gasteiger partial charge in [0.2, 0.25) is 0 Å². The monoisotopic (exact) mass is 201 g/mol. The Morgan fingerprint density at radius 3 is 2.14 bits per heavy atom. The normalized spacial score (nSPS) is 15.3. The van der Waals surface area contributed by atoms with Crippen molar-refractivity contribution in [2.75, 3.05) is 7.11 Å². The van der Waals surface area contributed by atoms with E-state index in [9.17, 15) is 8.78 Å². The van der Waals surface area contributed by atoms with Crippen molar-refractivity contribution in [1.82, 2.24) is 0 Å². The molecule has 4 heteroatoms. The lowest BCUT2D eigenvalue weighted by molar-refractivity contribution is 0.0625. The minimum absolute atomic E-state index is 0.397. The Bertz CT molecular complexity index is 295. The minimum Gasteiger partial charge on any atom is -0.497 e. The van der Waals surface area contributed by atoms with E-state index < -0.39 is 12.0 Å². The molecule has 1 unspecified atom stereocenters. The van der Waals surface area contributed by atoms with Crippen LogP contribution in [0.25, 0.3) is 0 Å². The second kappa shape index (κ2) is 3.92. The van der Waals surface area contributed by atoms with E-state index in [1.165, 1.54) is 14.0 Å². The molecule has 0 aliphatic rings. The van der Waals surface area contributed by atoms with Crippen molar-refractivity contribution in [2.24, 2.45) is 5.73 Å². The SMILES string of the molecule is COc1ccc(C(C)(N)C(F)F)cc1. The van der Waals surface area contributed by atoms with Crippen LogP contribution in [0.5, 0.6) is 5.75 Å². The fourth-order valence-electron chi connectivity index (χ4n) is 1.08. The quantitative estimate of drug-likeness (QED) is 0.813. The molecule has 2 nitrogen and oxygen atoms in total. The van der Waals surface area contributed by atoms with Crippen molar-refractivity contribution in [3.63, 3.8) is 0 Å². The van der Waals surface area contributed by atoms with Gasteiger partial charge in [-0.05, 0) is 24.6 Å². The maximum Gasteiger partial charge on any atom is 0.260 e. The van der Waals surface area contributed by atoms with Crippen molar-refractivity contribution >= 4 is 0 Å². The molecule has 1 rings (SSSR count). The van der Waals surface area contributed by atoms with Gasteiger partial charge >= 0.3 is 0 Å². The van der Waals surface area contributed by atoms with Gasteiger partial charge in [-0.2, -0.15) is 0 Å². The standard InChI is InChI=1S/C10H13F2NO/c1-10(13,9(11)12)7-3-5-8(14-2)6-4-7/h3-6,9H,13H2,1-2H3. The molecule has 0 saturated carbocycles. The van der Waals surface area contributed by atoms with Crippen molar-refractivity contribution in [2.45, 2.75) is 18.9 Å². The smallest absolute Gasteiger partial charge is 0.260 e.